The Hall–Kier alpha value is -0.800. The van der Waals surface area contributed by atoms with Crippen LogP contribution in [0, 0.1) is 0 Å². The van der Waals surface area contributed by atoms with Gasteiger partial charge in [-0.1, -0.05) is 0 Å². The topological polar surface area (TPSA) is 55.1 Å². The molecule has 0 aliphatic rings. The summed E-state index contributed by atoms with van der Waals surface area (Å²) in [6.45, 7) is 3.20. The Labute approximate surface area is 59.8 Å². The molecule has 0 rings (SSSR count). The molecule has 0 heterocycles. The molecule has 0 saturated carbocycles. The molecule has 0 radical (unpaired) electrons. The molecule has 0 bridgehead atoms. The van der Waals surface area contributed by atoms with Gasteiger partial charge in [-0.25, -0.2) is 9.18 Å². The average Bonchev–Trinajstić information content (AvgIpc) is 1.59. The second kappa shape index (κ2) is 3.39. The van der Waals surface area contributed by atoms with Crippen LogP contribution in [0.2, 0.25) is 0 Å². The summed E-state index contributed by atoms with van der Waals surface area (Å²) in [5, 5.41) is 2.30. The lowest BCUT2D eigenvalue weighted by atomic mass is 10.1. The molecule has 0 aliphatic heterocycles. The van der Waals surface area contributed by atoms with Gasteiger partial charge in [0.15, 0.2) is 0 Å². The van der Waals surface area contributed by atoms with Crippen molar-refractivity contribution in [2.24, 2.45) is 5.73 Å². The van der Waals surface area contributed by atoms with Crippen molar-refractivity contribution in [2.45, 2.75) is 25.9 Å². The third-order valence-electron chi connectivity index (χ3n) is 1.02. The quantitative estimate of drug-likeness (QED) is 0.611. The Bertz CT molecular complexity index is 119. The number of urea groups is 1. The van der Waals surface area contributed by atoms with Crippen LogP contribution >= 0.6 is 0 Å². The molecule has 0 aromatic rings. The number of carbonyl (C=O) groups excluding carboxylic acids is 1. The SMILES string of the molecule is CC(C)(F)CCNC(N)=O. The molecule has 0 spiro atoms. The number of amides is 2. The van der Waals surface area contributed by atoms with Gasteiger partial charge in [0.1, 0.15) is 5.67 Å². The van der Waals surface area contributed by atoms with Crippen LogP contribution in [-0.2, 0) is 0 Å². The predicted octanol–water partition coefficient (Wildman–Crippen LogP) is 0.793. The van der Waals surface area contributed by atoms with E-state index in [1.165, 1.54) is 13.8 Å². The van der Waals surface area contributed by atoms with E-state index in [9.17, 15) is 9.18 Å². The summed E-state index contributed by atoms with van der Waals surface area (Å²) in [7, 11) is 0. The maximum atomic E-state index is 12.6. The van der Waals surface area contributed by atoms with Gasteiger partial charge in [-0.3, -0.25) is 0 Å². The molecule has 0 aliphatic carbocycles. The van der Waals surface area contributed by atoms with E-state index in [4.69, 9.17) is 5.73 Å². The van der Waals surface area contributed by atoms with E-state index in [2.05, 4.69) is 5.32 Å². The monoisotopic (exact) mass is 148 g/mol. The highest BCUT2D eigenvalue weighted by molar-refractivity contribution is 5.71. The van der Waals surface area contributed by atoms with Crippen molar-refractivity contribution in [1.82, 2.24) is 5.32 Å². The zero-order valence-corrected chi connectivity index (χ0v) is 6.28. The highest BCUT2D eigenvalue weighted by Gasteiger charge is 2.14. The van der Waals surface area contributed by atoms with Crippen molar-refractivity contribution in [3.05, 3.63) is 0 Å². The Kier molecular flexibility index (Phi) is 3.12. The van der Waals surface area contributed by atoms with Crippen LogP contribution in [0.15, 0.2) is 0 Å². The smallest absolute Gasteiger partial charge is 0.312 e. The molecular weight excluding hydrogens is 135 g/mol. The third-order valence-corrected chi connectivity index (χ3v) is 1.02. The lowest BCUT2D eigenvalue weighted by Crippen LogP contribution is -2.32. The van der Waals surface area contributed by atoms with Gasteiger partial charge < -0.3 is 11.1 Å². The van der Waals surface area contributed by atoms with Crippen LogP contribution in [-0.4, -0.2) is 18.2 Å². The minimum Gasteiger partial charge on any atom is -0.352 e. The molecular formula is C6H13FN2O. The fourth-order valence-electron chi connectivity index (χ4n) is 0.483. The van der Waals surface area contributed by atoms with E-state index in [0.29, 0.717) is 6.54 Å². The van der Waals surface area contributed by atoms with Gasteiger partial charge in [0.2, 0.25) is 0 Å². The molecule has 10 heavy (non-hydrogen) atoms. The first-order valence-corrected chi connectivity index (χ1v) is 3.14. The van der Waals surface area contributed by atoms with Gasteiger partial charge in [-0.05, 0) is 20.3 Å². The number of rotatable bonds is 3. The van der Waals surface area contributed by atoms with E-state index in [1.807, 2.05) is 0 Å². The van der Waals surface area contributed by atoms with Crippen molar-refractivity contribution in [2.75, 3.05) is 6.54 Å². The first-order valence-electron chi connectivity index (χ1n) is 3.14. The van der Waals surface area contributed by atoms with E-state index < -0.39 is 11.7 Å². The summed E-state index contributed by atoms with van der Waals surface area (Å²) in [6.07, 6.45) is 0.288. The van der Waals surface area contributed by atoms with E-state index in [-0.39, 0.29) is 6.42 Å². The standard InChI is InChI=1S/C6H13FN2O/c1-6(2,7)3-4-9-5(8)10/h3-4H2,1-2H3,(H3,8,9,10). The maximum Gasteiger partial charge on any atom is 0.312 e. The van der Waals surface area contributed by atoms with Gasteiger partial charge >= 0.3 is 6.03 Å². The van der Waals surface area contributed by atoms with Crippen molar-refractivity contribution < 1.29 is 9.18 Å². The fourth-order valence-corrected chi connectivity index (χ4v) is 0.483. The van der Waals surface area contributed by atoms with E-state index in [0.717, 1.165) is 0 Å². The maximum absolute atomic E-state index is 12.6. The number of nitrogens with two attached hydrogens (primary N) is 1. The van der Waals surface area contributed by atoms with Crippen molar-refractivity contribution in [3.8, 4) is 0 Å². The average molecular weight is 148 g/mol. The highest BCUT2D eigenvalue weighted by Crippen LogP contribution is 2.11. The largest absolute Gasteiger partial charge is 0.352 e. The number of alkyl halides is 1. The van der Waals surface area contributed by atoms with Crippen LogP contribution < -0.4 is 11.1 Å². The Morgan fingerprint density at radius 2 is 2.20 bits per heavy atom. The highest BCUT2D eigenvalue weighted by atomic mass is 19.1. The van der Waals surface area contributed by atoms with Crippen molar-refractivity contribution >= 4 is 6.03 Å². The number of carbonyl (C=O) groups is 1. The molecule has 0 aromatic carbocycles. The Morgan fingerprint density at radius 3 is 2.50 bits per heavy atom. The minimum absolute atomic E-state index is 0.288. The molecule has 3 nitrogen and oxygen atoms in total. The van der Waals surface area contributed by atoms with Gasteiger partial charge in [-0.2, -0.15) is 0 Å². The minimum atomic E-state index is -1.23. The van der Waals surface area contributed by atoms with E-state index in [1.54, 1.807) is 0 Å². The predicted molar refractivity (Wildman–Crippen MR) is 37.4 cm³/mol. The summed E-state index contributed by atoms with van der Waals surface area (Å²) in [5.41, 5.74) is 3.52. The lowest BCUT2D eigenvalue weighted by molar-refractivity contribution is 0.199. The summed E-state index contributed by atoms with van der Waals surface area (Å²) >= 11 is 0. The van der Waals surface area contributed by atoms with E-state index >= 15 is 0 Å². The van der Waals surface area contributed by atoms with Crippen LogP contribution in [0.1, 0.15) is 20.3 Å². The molecule has 0 atom stereocenters. The van der Waals surface area contributed by atoms with Crippen LogP contribution in [0.3, 0.4) is 0 Å². The molecule has 0 saturated heterocycles. The number of hydrogen-bond acceptors (Lipinski definition) is 1. The summed E-state index contributed by atoms with van der Waals surface area (Å²) < 4.78 is 12.6. The molecule has 0 unspecified atom stereocenters. The lowest BCUT2D eigenvalue weighted by Gasteiger charge is -2.12. The number of halogens is 1. The van der Waals surface area contributed by atoms with Gasteiger partial charge in [-0.15, -0.1) is 0 Å². The summed E-state index contributed by atoms with van der Waals surface area (Å²) in [4.78, 5) is 10.1. The Balaban J connectivity index is 3.29. The number of primary amides is 1. The molecule has 3 N–H and O–H groups in total. The summed E-state index contributed by atoms with van der Waals surface area (Å²) in [5.74, 6) is 0. The zero-order valence-electron chi connectivity index (χ0n) is 6.28. The molecule has 0 aromatic heterocycles. The van der Waals surface area contributed by atoms with Gasteiger partial charge in [0.25, 0.3) is 0 Å². The van der Waals surface area contributed by atoms with Gasteiger partial charge in [0, 0.05) is 6.54 Å². The second-order valence-electron chi connectivity index (χ2n) is 2.76. The molecule has 2 amide bonds. The van der Waals surface area contributed by atoms with Crippen molar-refractivity contribution in [1.29, 1.82) is 0 Å². The molecule has 60 valence electrons. The van der Waals surface area contributed by atoms with Crippen LogP contribution in [0.25, 0.3) is 0 Å². The summed E-state index contributed by atoms with van der Waals surface area (Å²) in [6, 6.07) is -0.607. The van der Waals surface area contributed by atoms with Crippen molar-refractivity contribution in [3.63, 3.8) is 0 Å². The van der Waals surface area contributed by atoms with Crippen LogP contribution in [0.5, 0.6) is 0 Å². The van der Waals surface area contributed by atoms with Crippen LogP contribution in [0.4, 0.5) is 9.18 Å². The first-order chi connectivity index (χ1) is 4.42. The second-order valence-corrected chi connectivity index (χ2v) is 2.76. The van der Waals surface area contributed by atoms with Gasteiger partial charge in [0.05, 0.1) is 0 Å². The zero-order chi connectivity index (χ0) is 8.20. The molecule has 4 heteroatoms. The molecule has 0 fully saturated rings. The number of nitrogens with one attached hydrogen (secondary N) is 1. The third kappa shape index (κ3) is 7.20. The normalized spacial score (nSPS) is 11.1. The first kappa shape index (κ1) is 9.20. The number of hydrogen-bond donors (Lipinski definition) is 2. The Morgan fingerprint density at radius 1 is 1.70 bits per heavy atom. The fraction of sp³-hybridized carbons (Fsp3) is 0.833.